The predicted molar refractivity (Wildman–Crippen MR) is 149 cm³/mol. The number of pyridine rings is 2. The summed E-state index contributed by atoms with van der Waals surface area (Å²) in [6, 6.07) is 9.60. The molecule has 0 saturated heterocycles. The van der Waals surface area contributed by atoms with E-state index in [0.29, 0.717) is 39.1 Å². The number of nitriles is 2. The SMILES string of the molecule is Cc1nc(F)ccc1[C@H](Nc1cc(C#N)c2ncc(C#N)c(NC3CCCCC3)c2c1)c1cn(C2(C(F)(F)F)CC2)nn1. The highest BCUT2D eigenvalue weighted by Gasteiger charge is 2.66. The Labute approximate surface area is 244 Å². The van der Waals surface area contributed by atoms with Crippen LogP contribution >= 0.6 is 0 Å². The molecular formula is C30H27F4N9. The van der Waals surface area contributed by atoms with Crippen LogP contribution in [-0.4, -0.2) is 37.2 Å². The second-order valence-electron chi connectivity index (χ2n) is 11.2. The summed E-state index contributed by atoms with van der Waals surface area (Å²) in [5.41, 5.74) is 0.806. The van der Waals surface area contributed by atoms with E-state index in [2.05, 4.69) is 43.1 Å². The second-order valence-corrected chi connectivity index (χ2v) is 11.2. The van der Waals surface area contributed by atoms with Gasteiger partial charge in [-0.3, -0.25) is 4.98 Å². The zero-order valence-electron chi connectivity index (χ0n) is 23.2. The van der Waals surface area contributed by atoms with Gasteiger partial charge >= 0.3 is 6.18 Å². The minimum absolute atomic E-state index is 0.101. The summed E-state index contributed by atoms with van der Waals surface area (Å²) in [6.45, 7) is 1.59. The van der Waals surface area contributed by atoms with Crippen LogP contribution in [-0.2, 0) is 5.54 Å². The van der Waals surface area contributed by atoms with E-state index in [1.807, 2.05) is 0 Å². The van der Waals surface area contributed by atoms with Crippen molar-refractivity contribution in [3.8, 4) is 12.1 Å². The number of nitrogens with one attached hydrogen (secondary N) is 2. The molecule has 3 heterocycles. The van der Waals surface area contributed by atoms with Gasteiger partial charge in [0.1, 0.15) is 17.8 Å². The summed E-state index contributed by atoms with van der Waals surface area (Å²) in [7, 11) is 0. The van der Waals surface area contributed by atoms with Gasteiger partial charge in [-0.05, 0) is 50.8 Å². The molecule has 0 amide bonds. The third-order valence-corrected chi connectivity index (χ3v) is 8.38. The molecule has 13 heteroatoms. The van der Waals surface area contributed by atoms with Gasteiger partial charge in [0.25, 0.3) is 0 Å². The Morgan fingerprint density at radius 2 is 1.81 bits per heavy atom. The smallest absolute Gasteiger partial charge is 0.381 e. The first-order valence-corrected chi connectivity index (χ1v) is 14.1. The molecule has 6 rings (SSSR count). The van der Waals surface area contributed by atoms with Gasteiger partial charge in [-0.1, -0.05) is 30.5 Å². The van der Waals surface area contributed by atoms with Crippen LogP contribution in [0.2, 0.25) is 0 Å². The first-order valence-electron chi connectivity index (χ1n) is 14.1. The molecular weight excluding hydrogens is 562 g/mol. The first-order chi connectivity index (χ1) is 20.6. The third-order valence-electron chi connectivity index (χ3n) is 8.38. The molecule has 0 unspecified atom stereocenters. The van der Waals surface area contributed by atoms with Crippen molar-refractivity contribution in [2.24, 2.45) is 0 Å². The zero-order valence-corrected chi connectivity index (χ0v) is 23.2. The highest BCUT2D eigenvalue weighted by Crippen LogP contribution is 2.55. The van der Waals surface area contributed by atoms with E-state index < -0.39 is 23.7 Å². The molecule has 2 saturated carbocycles. The number of fused-ring (bicyclic) bond motifs is 1. The van der Waals surface area contributed by atoms with E-state index >= 15 is 0 Å². The van der Waals surface area contributed by atoms with Crippen LogP contribution in [0.3, 0.4) is 0 Å². The lowest BCUT2D eigenvalue weighted by Gasteiger charge is -2.25. The second kappa shape index (κ2) is 10.8. The average molecular weight is 590 g/mol. The number of nitrogens with zero attached hydrogens (tertiary/aromatic N) is 7. The number of rotatable bonds is 7. The fourth-order valence-electron chi connectivity index (χ4n) is 5.87. The Morgan fingerprint density at radius 1 is 1.07 bits per heavy atom. The van der Waals surface area contributed by atoms with Crippen LogP contribution in [0, 0.1) is 35.5 Å². The van der Waals surface area contributed by atoms with Gasteiger partial charge in [-0.2, -0.15) is 28.1 Å². The lowest BCUT2D eigenvalue weighted by atomic mass is 9.94. The number of aromatic nitrogens is 5. The molecule has 1 aromatic carbocycles. The summed E-state index contributed by atoms with van der Waals surface area (Å²) in [5.74, 6) is -0.705. The monoisotopic (exact) mass is 589 g/mol. The van der Waals surface area contributed by atoms with Gasteiger partial charge in [0.05, 0.1) is 34.6 Å². The van der Waals surface area contributed by atoms with E-state index in [9.17, 15) is 28.1 Å². The largest absolute Gasteiger partial charge is 0.413 e. The topological polar surface area (TPSA) is 128 Å². The highest BCUT2D eigenvalue weighted by atomic mass is 19.4. The van der Waals surface area contributed by atoms with E-state index in [1.165, 1.54) is 18.5 Å². The van der Waals surface area contributed by atoms with E-state index in [4.69, 9.17) is 0 Å². The summed E-state index contributed by atoms with van der Waals surface area (Å²) in [5, 5.41) is 35.2. The molecule has 0 spiro atoms. The number of anilines is 2. The Morgan fingerprint density at radius 3 is 2.47 bits per heavy atom. The number of hydrogen-bond donors (Lipinski definition) is 2. The molecule has 4 aromatic rings. The normalized spacial score (nSPS) is 17.2. The van der Waals surface area contributed by atoms with Crippen LogP contribution in [0.15, 0.2) is 36.7 Å². The van der Waals surface area contributed by atoms with Crippen molar-refractivity contribution in [2.45, 2.75) is 75.7 Å². The number of hydrogen-bond acceptors (Lipinski definition) is 8. The van der Waals surface area contributed by atoms with Crippen LogP contribution in [0.5, 0.6) is 0 Å². The van der Waals surface area contributed by atoms with Crippen molar-refractivity contribution in [3.05, 3.63) is 70.7 Å². The predicted octanol–water partition coefficient (Wildman–Crippen LogP) is 6.41. The Bertz CT molecular complexity index is 1770. The molecule has 2 fully saturated rings. The van der Waals surface area contributed by atoms with Gasteiger partial charge in [-0.25, -0.2) is 9.67 Å². The third kappa shape index (κ3) is 5.20. The van der Waals surface area contributed by atoms with Crippen molar-refractivity contribution < 1.29 is 17.6 Å². The van der Waals surface area contributed by atoms with Crippen molar-refractivity contribution in [2.75, 3.05) is 10.6 Å². The molecule has 3 aromatic heterocycles. The first kappa shape index (κ1) is 28.3. The fourth-order valence-corrected chi connectivity index (χ4v) is 5.87. The highest BCUT2D eigenvalue weighted by molar-refractivity contribution is 5.99. The van der Waals surface area contributed by atoms with Gasteiger partial charge in [0, 0.05) is 34.6 Å². The average Bonchev–Trinajstić information content (AvgIpc) is 3.68. The van der Waals surface area contributed by atoms with Crippen molar-refractivity contribution >= 4 is 22.3 Å². The Balaban J connectivity index is 1.46. The maximum Gasteiger partial charge on any atom is 0.413 e. The van der Waals surface area contributed by atoms with E-state index in [-0.39, 0.29) is 30.1 Å². The quantitative estimate of drug-likeness (QED) is 0.187. The van der Waals surface area contributed by atoms with Crippen molar-refractivity contribution in [3.63, 3.8) is 0 Å². The van der Waals surface area contributed by atoms with Crippen molar-refractivity contribution in [1.29, 1.82) is 10.5 Å². The van der Waals surface area contributed by atoms with Gasteiger partial charge in [0.15, 0.2) is 5.54 Å². The maximum atomic E-state index is 14.0. The fraction of sp³-hybridized carbons (Fsp3) is 0.400. The Hall–Kier alpha value is -4.78. The number of halogens is 4. The number of aryl methyl sites for hydroxylation is 1. The number of benzene rings is 1. The molecule has 0 aliphatic heterocycles. The molecule has 2 N–H and O–H groups in total. The molecule has 0 radical (unpaired) electrons. The van der Waals surface area contributed by atoms with Crippen LogP contribution in [0.1, 0.15) is 79.1 Å². The molecule has 1 atom stereocenters. The molecule has 2 aliphatic rings. The van der Waals surface area contributed by atoms with Crippen LogP contribution < -0.4 is 10.6 Å². The molecule has 220 valence electrons. The van der Waals surface area contributed by atoms with Gasteiger partial charge in [0.2, 0.25) is 5.95 Å². The minimum atomic E-state index is -4.50. The summed E-state index contributed by atoms with van der Waals surface area (Å²) < 4.78 is 56.3. The Kier molecular flexibility index (Phi) is 7.12. The van der Waals surface area contributed by atoms with E-state index in [1.54, 1.807) is 19.1 Å². The van der Waals surface area contributed by atoms with Gasteiger partial charge in [-0.15, -0.1) is 5.10 Å². The summed E-state index contributed by atoms with van der Waals surface area (Å²) in [6.07, 6.45) is 3.19. The lowest BCUT2D eigenvalue weighted by molar-refractivity contribution is -0.182. The van der Waals surface area contributed by atoms with E-state index in [0.717, 1.165) is 42.9 Å². The minimum Gasteiger partial charge on any atom is -0.381 e. The molecule has 2 aliphatic carbocycles. The zero-order chi connectivity index (χ0) is 30.4. The molecule has 9 nitrogen and oxygen atoms in total. The molecule has 0 bridgehead atoms. The summed E-state index contributed by atoms with van der Waals surface area (Å²) in [4.78, 5) is 8.30. The van der Waals surface area contributed by atoms with Crippen molar-refractivity contribution in [1.82, 2.24) is 25.0 Å². The van der Waals surface area contributed by atoms with Gasteiger partial charge < -0.3 is 10.6 Å². The van der Waals surface area contributed by atoms with Crippen LogP contribution in [0.4, 0.5) is 28.9 Å². The molecule has 43 heavy (non-hydrogen) atoms. The van der Waals surface area contributed by atoms with Crippen LogP contribution in [0.25, 0.3) is 10.9 Å². The summed E-state index contributed by atoms with van der Waals surface area (Å²) >= 11 is 0. The standard InChI is InChI=1S/C30H27F4N9/c1-17-22(7-8-25(31)38-17)28(24-16-43(42-41-24)29(9-10-29)30(32,33)34)40-21-11-18(13-35)26-23(12-21)27(19(14-36)15-37-26)39-20-5-3-2-4-6-20/h7-8,11-12,15-16,20,28,40H,2-6,9-10H2,1H3,(H,37,39)/t28-/m0/s1. The number of alkyl halides is 3. The lowest BCUT2D eigenvalue weighted by Crippen LogP contribution is -2.35. The maximum absolute atomic E-state index is 14.0.